The minimum Gasteiger partial charge on any atom is -0.324 e. The quantitative estimate of drug-likeness (QED) is 0.925. The summed E-state index contributed by atoms with van der Waals surface area (Å²) in [5.74, 6) is 0. The second kappa shape index (κ2) is 5.12. The first-order chi connectivity index (χ1) is 8.50. The number of rotatable bonds is 3. The highest BCUT2D eigenvalue weighted by Gasteiger charge is 2.16. The highest BCUT2D eigenvalue weighted by Crippen LogP contribution is 2.25. The number of aryl methyl sites for hydroxylation is 3. The fraction of sp³-hybridized carbons (Fsp3) is 0.357. The summed E-state index contributed by atoms with van der Waals surface area (Å²) in [5, 5.41) is 4.99. The minimum atomic E-state index is -0.0494. The molecule has 1 atom stereocenters. The Balaban J connectivity index is 2.27. The van der Waals surface area contributed by atoms with Gasteiger partial charge in [0.05, 0.1) is 5.69 Å². The first kappa shape index (κ1) is 13.1. The molecule has 1 aromatic carbocycles. The second-order valence-corrected chi connectivity index (χ2v) is 5.00. The van der Waals surface area contributed by atoms with Crippen molar-refractivity contribution in [1.29, 1.82) is 0 Å². The average molecular weight is 264 g/mol. The van der Waals surface area contributed by atoms with Crippen LogP contribution in [0.1, 0.15) is 28.4 Å². The molecule has 0 saturated heterocycles. The van der Waals surface area contributed by atoms with Crippen LogP contribution in [0.5, 0.6) is 0 Å². The van der Waals surface area contributed by atoms with Gasteiger partial charge < -0.3 is 5.73 Å². The normalized spacial score (nSPS) is 12.7. The first-order valence-corrected chi connectivity index (χ1v) is 6.37. The molecule has 1 aromatic heterocycles. The lowest BCUT2D eigenvalue weighted by atomic mass is 9.96. The van der Waals surface area contributed by atoms with Crippen LogP contribution >= 0.6 is 11.6 Å². The Morgan fingerprint density at radius 1 is 1.33 bits per heavy atom. The van der Waals surface area contributed by atoms with E-state index in [0.717, 1.165) is 16.8 Å². The summed E-state index contributed by atoms with van der Waals surface area (Å²) in [5.41, 5.74) is 10.6. The van der Waals surface area contributed by atoms with E-state index in [1.54, 1.807) is 4.68 Å². The van der Waals surface area contributed by atoms with Crippen LogP contribution in [0.25, 0.3) is 0 Å². The summed E-state index contributed by atoms with van der Waals surface area (Å²) in [6.45, 7) is 4.04. The number of halogens is 1. The zero-order chi connectivity index (χ0) is 13.3. The van der Waals surface area contributed by atoms with Gasteiger partial charge in [0.1, 0.15) is 5.15 Å². The Morgan fingerprint density at radius 3 is 2.56 bits per heavy atom. The highest BCUT2D eigenvalue weighted by molar-refractivity contribution is 6.30. The topological polar surface area (TPSA) is 43.8 Å². The smallest absolute Gasteiger partial charge is 0.130 e. The van der Waals surface area contributed by atoms with Crippen LogP contribution in [0.2, 0.25) is 5.15 Å². The van der Waals surface area contributed by atoms with Crippen LogP contribution in [-0.2, 0) is 13.5 Å². The molecular formula is C14H18ClN3. The molecule has 2 rings (SSSR count). The van der Waals surface area contributed by atoms with E-state index in [4.69, 9.17) is 17.3 Å². The molecule has 0 saturated carbocycles. The summed E-state index contributed by atoms with van der Waals surface area (Å²) in [4.78, 5) is 0. The number of nitrogens with two attached hydrogens (primary N) is 1. The number of hydrogen-bond donors (Lipinski definition) is 1. The average Bonchev–Trinajstić information content (AvgIpc) is 2.56. The molecule has 0 fully saturated rings. The molecule has 0 bridgehead atoms. The molecule has 2 N–H and O–H groups in total. The predicted octanol–water partition coefficient (Wildman–Crippen LogP) is 2.93. The molecule has 0 aliphatic rings. The maximum absolute atomic E-state index is 6.28. The molecule has 0 spiro atoms. The van der Waals surface area contributed by atoms with Gasteiger partial charge in [0.25, 0.3) is 0 Å². The van der Waals surface area contributed by atoms with Crippen molar-refractivity contribution in [3.63, 3.8) is 0 Å². The third kappa shape index (κ3) is 2.42. The third-order valence-electron chi connectivity index (χ3n) is 3.28. The molecule has 3 nitrogen and oxygen atoms in total. The Labute approximate surface area is 113 Å². The highest BCUT2D eigenvalue weighted by atomic mass is 35.5. The molecule has 0 aliphatic heterocycles. The zero-order valence-corrected chi connectivity index (χ0v) is 11.7. The van der Waals surface area contributed by atoms with Crippen LogP contribution < -0.4 is 5.73 Å². The van der Waals surface area contributed by atoms with Crippen molar-refractivity contribution >= 4 is 11.6 Å². The maximum Gasteiger partial charge on any atom is 0.130 e. The standard InChI is InChI=1S/C14H18ClN3/c1-9-6-4-5-7-11(9)13(16)8-12-10(2)17-18(3)14(12)15/h4-7,13H,8,16H2,1-3H3. The molecule has 96 valence electrons. The first-order valence-electron chi connectivity index (χ1n) is 5.99. The predicted molar refractivity (Wildman–Crippen MR) is 74.8 cm³/mol. The van der Waals surface area contributed by atoms with Crippen LogP contribution in [-0.4, -0.2) is 9.78 Å². The minimum absolute atomic E-state index is 0.0494. The van der Waals surface area contributed by atoms with Gasteiger partial charge in [-0.25, -0.2) is 0 Å². The van der Waals surface area contributed by atoms with Gasteiger partial charge >= 0.3 is 0 Å². The second-order valence-electron chi connectivity index (χ2n) is 4.65. The molecule has 1 heterocycles. The Kier molecular flexibility index (Phi) is 3.73. The van der Waals surface area contributed by atoms with Gasteiger partial charge in [0, 0.05) is 18.7 Å². The van der Waals surface area contributed by atoms with Gasteiger partial charge in [-0.15, -0.1) is 0 Å². The van der Waals surface area contributed by atoms with Crippen molar-refractivity contribution in [2.75, 3.05) is 0 Å². The summed E-state index contributed by atoms with van der Waals surface area (Å²) >= 11 is 6.23. The Hall–Kier alpha value is -1.32. The molecule has 0 amide bonds. The van der Waals surface area contributed by atoms with Gasteiger partial charge in [-0.1, -0.05) is 35.9 Å². The molecule has 4 heteroatoms. The van der Waals surface area contributed by atoms with Gasteiger partial charge in [-0.2, -0.15) is 5.10 Å². The number of nitrogens with zero attached hydrogens (tertiary/aromatic N) is 2. The largest absolute Gasteiger partial charge is 0.324 e. The van der Waals surface area contributed by atoms with Crippen molar-refractivity contribution in [2.45, 2.75) is 26.3 Å². The van der Waals surface area contributed by atoms with E-state index in [1.165, 1.54) is 5.56 Å². The number of aromatic nitrogens is 2. The molecular weight excluding hydrogens is 246 g/mol. The fourth-order valence-electron chi connectivity index (χ4n) is 2.24. The molecule has 0 aliphatic carbocycles. The van der Waals surface area contributed by atoms with Gasteiger partial charge in [0.15, 0.2) is 0 Å². The van der Waals surface area contributed by atoms with Gasteiger partial charge in [-0.05, 0) is 31.4 Å². The monoisotopic (exact) mass is 263 g/mol. The van der Waals surface area contributed by atoms with E-state index in [9.17, 15) is 0 Å². The van der Waals surface area contributed by atoms with Crippen molar-refractivity contribution < 1.29 is 0 Å². The summed E-state index contributed by atoms with van der Waals surface area (Å²) in [7, 11) is 1.85. The molecule has 1 unspecified atom stereocenters. The lowest BCUT2D eigenvalue weighted by molar-refractivity contribution is 0.713. The lowest BCUT2D eigenvalue weighted by Crippen LogP contribution is -2.15. The lowest BCUT2D eigenvalue weighted by Gasteiger charge is -2.14. The van der Waals surface area contributed by atoms with Gasteiger partial charge in [-0.3, -0.25) is 4.68 Å². The van der Waals surface area contributed by atoms with E-state index in [-0.39, 0.29) is 6.04 Å². The SMILES string of the molecule is Cc1ccccc1C(N)Cc1c(C)nn(C)c1Cl. The number of hydrogen-bond acceptors (Lipinski definition) is 2. The van der Waals surface area contributed by atoms with Crippen molar-refractivity contribution in [3.8, 4) is 0 Å². The van der Waals surface area contributed by atoms with Crippen LogP contribution in [0.3, 0.4) is 0 Å². The van der Waals surface area contributed by atoms with E-state index < -0.39 is 0 Å². The third-order valence-corrected chi connectivity index (χ3v) is 3.75. The van der Waals surface area contributed by atoms with E-state index in [1.807, 2.05) is 26.1 Å². The van der Waals surface area contributed by atoms with E-state index in [0.29, 0.717) is 11.6 Å². The number of benzene rings is 1. The summed E-state index contributed by atoms with van der Waals surface area (Å²) in [6.07, 6.45) is 0.712. The Bertz CT molecular complexity index is 560. The summed E-state index contributed by atoms with van der Waals surface area (Å²) in [6, 6.07) is 8.13. The van der Waals surface area contributed by atoms with Crippen molar-refractivity contribution in [1.82, 2.24) is 9.78 Å². The fourth-order valence-corrected chi connectivity index (χ4v) is 2.49. The summed E-state index contributed by atoms with van der Waals surface area (Å²) < 4.78 is 1.69. The van der Waals surface area contributed by atoms with Crippen molar-refractivity contribution in [3.05, 3.63) is 51.8 Å². The van der Waals surface area contributed by atoms with E-state index in [2.05, 4.69) is 24.2 Å². The molecule has 0 radical (unpaired) electrons. The molecule has 18 heavy (non-hydrogen) atoms. The van der Waals surface area contributed by atoms with E-state index >= 15 is 0 Å². The van der Waals surface area contributed by atoms with Crippen molar-refractivity contribution in [2.24, 2.45) is 12.8 Å². The molecule has 2 aromatic rings. The Morgan fingerprint density at radius 2 is 2.00 bits per heavy atom. The van der Waals surface area contributed by atoms with Crippen LogP contribution in [0, 0.1) is 13.8 Å². The van der Waals surface area contributed by atoms with Gasteiger partial charge in [0.2, 0.25) is 0 Å². The van der Waals surface area contributed by atoms with Crippen LogP contribution in [0.15, 0.2) is 24.3 Å². The van der Waals surface area contributed by atoms with Crippen LogP contribution in [0.4, 0.5) is 0 Å². The zero-order valence-electron chi connectivity index (χ0n) is 10.9. The maximum atomic E-state index is 6.28.